The molecule has 1 heterocycles. The Bertz CT molecular complexity index is 1030. The fraction of sp³-hybridized carbons (Fsp3) is 0.407. The number of carbonyl (C=O) groups excluding carboxylic acids is 2. The number of Topliss-reactive ketones (excluding diaryl/α,β-unsaturated/α-hetero) is 1. The molecule has 0 aromatic heterocycles. The van der Waals surface area contributed by atoms with Crippen molar-refractivity contribution in [3.8, 4) is 5.75 Å². The molecule has 182 valence electrons. The number of hydrogen-bond donors (Lipinski definition) is 1. The molecule has 2 aromatic rings. The van der Waals surface area contributed by atoms with Crippen LogP contribution in [0.15, 0.2) is 54.1 Å². The number of benzene rings is 2. The molecule has 1 N–H and O–H groups in total. The number of rotatable bonds is 11. The van der Waals surface area contributed by atoms with E-state index in [1.165, 1.54) is 29.2 Å². The number of likely N-dealkylation sites (tertiary alicyclic amines) is 1. The lowest BCUT2D eigenvalue weighted by Gasteiger charge is -2.28. The summed E-state index contributed by atoms with van der Waals surface area (Å²) in [5, 5.41) is 11.1. The predicted octanol–water partition coefficient (Wildman–Crippen LogP) is 4.77. The molecule has 1 fully saturated rings. The van der Waals surface area contributed by atoms with Gasteiger partial charge in [-0.3, -0.25) is 9.59 Å². The van der Waals surface area contributed by atoms with Gasteiger partial charge in [0, 0.05) is 18.7 Å². The number of halogens is 1. The van der Waals surface area contributed by atoms with Crippen molar-refractivity contribution < 1.29 is 23.8 Å². The molecule has 1 saturated heterocycles. The summed E-state index contributed by atoms with van der Waals surface area (Å²) in [6, 6.07) is 11.7. The zero-order valence-electron chi connectivity index (χ0n) is 20.1. The topological polar surface area (TPSA) is 70.1 Å². The summed E-state index contributed by atoms with van der Waals surface area (Å²) in [6.07, 6.45) is 1.92. The first-order valence-electron chi connectivity index (χ1n) is 11.9. The van der Waals surface area contributed by atoms with E-state index in [1.54, 1.807) is 0 Å². The van der Waals surface area contributed by atoms with Crippen LogP contribution < -0.4 is 4.74 Å². The Kier molecular flexibility index (Phi) is 8.82. The van der Waals surface area contributed by atoms with E-state index in [2.05, 4.69) is 11.8 Å². The molecule has 7 heteroatoms. The van der Waals surface area contributed by atoms with Crippen molar-refractivity contribution in [3.63, 3.8) is 0 Å². The number of ketones is 1. The molecule has 0 bridgehead atoms. The van der Waals surface area contributed by atoms with Gasteiger partial charge in [0.05, 0.1) is 18.2 Å². The van der Waals surface area contributed by atoms with E-state index in [0.29, 0.717) is 31.0 Å². The zero-order chi connectivity index (χ0) is 24.7. The van der Waals surface area contributed by atoms with Gasteiger partial charge in [0.2, 0.25) is 0 Å². The smallest absolute Gasteiger partial charge is 0.295 e. The van der Waals surface area contributed by atoms with E-state index in [9.17, 15) is 19.1 Å². The molecule has 3 rings (SSSR count). The minimum absolute atomic E-state index is 0.00173. The average Bonchev–Trinajstić information content (AvgIpc) is 3.10. The number of amides is 1. The molecule has 1 atom stereocenters. The third-order valence-electron chi connectivity index (χ3n) is 6.15. The second-order valence-corrected chi connectivity index (χ2v) is 8.30. The number of hydrogen-bond acceptors (Lipinski definition) is 5. The molecular weight excluding hydrogens is 435 g/mol. The maximum Gasteiger partial charge on any atom is 0.295 e. The lowest BCUT2D eigenvalue weighted by Crippen LogP contribution is -2.38. The molecule has 6 nitrogen and oxygen atoms in total. The highest BCUT2D eigenvalue weighted by Gasteiger charge is 2.46. The number of aliphatic hydroxyl groups excluding tert-OH is 1. The van der Waals surface area contributed by atoms with Crippen LogP contribution >= 0.6 is 0 Å². The second kappa shape index (κ2) is 11.8. The number of likely N-dealkylation sites (N-methyl/N-ethyl adjacent to an activating group) is 1. The first kappa shape index (κ1) is 25.4. The summed E-state index contributed by atoms with van der Waals surface area (Å²) in [7, 11) is 0. The van der Waals surface area contributed by atoms with Gasteiger partial charge >= 0.3 is 0 Å². The van der Waals surface area contributed by atoms with E-state index in [4.69, 9.17) is 4.74 Å². The van der Waals surface area contributed by atoms with Gasteiger partial charge < -0.3 is 19.6 Å². The monoisotopic (exact) mass is 468 g/mol. The van der Waals surface area contributed by atoms with Gasteiger partial charge in [-0.25, -0.2) is 4.39 Å². The molecular formula is C27H33FN2O4. The highest BCUT2D eigenvalue weighted by molar-refractivity contribution is 6.46. The van der Waals surface area contributed by atoms with Gasteiger partial charge in [0.25, 0.3) is 11.7 Å². The Morgan fingerprint density at radius 2 is 1.79 bits per heavy atom. The van der Waals surface area contributed by atoms with Crippen LogP contribution in [-0.4, -0.2) is 59.4 Å². The van der Waals surface area contributed by atoms with Crippen molar-refractivity contribution in [1.82, 2.24) is 9.80 Å². The number of aliphatic hydroxyl groups is 1. The second-order valence-electron chi connectivity index (χ2n) is 8.30. The first-order valence-corrected chi connectivity index (χ1v) is 11.9. The number of unbranched alkanes of at least 4 members (excludes halogenated alkanes) is 1. The fourth-order valence-corrected chi connectivity index (χ4v) is 4.12. The van der Waals surface area contributed by atoms with Crippen molar-refractivity contribution in [2.75, 3.05) is 32.8 Å². The standard InChI is InChI=1S/C27H33FN2O4/c1-4-7-17-34-22-10-8-9-20(18-22)24-23(25(31)19-11-13-21(28)14-12-19)26(32)27(33)30(24)16-15-29(5-2)6-3/h8-14,18,24,31H,4-7,15-17H2,1-3H3. The molecule has 0 aliphatic carbocycles. The molecule has 1 aliphatic heterocycles. The van der Waals surface area contributed by atoms with Crippen LogP contribution in [0.1, 0.15) is 50.8 Å². The average molecular weight is 469 g/mol. The normalized spacial score (nSPS) is 17.6. The van der Waals surface area contributed by atoms with Gasteiger partial charge in [-0.1, -0.05) is 39.3 Å². The van der Waals surface area contributed by atoms with Crippen LogP contribution in [-0.2, 0) is 9.59 Å². The van der Waals surface area contributed by atoms with Gasteiger partial charge in [0.1, 0.15) is 17.3 Å². The van der Waals surface area contributed by atoms with Crippen molar-refractivity contribution in [2.45, 2.75) is 39.7 Å². The molecule has 0 spiro atoms. The molecule has 1 aliphatic rings. The van der Waals surface area contributed by atoms with Crippen molar-refractivity contribution in [3.05, 3.63) is 71.0 Å². The third-order valence-corrected chi connectivity index (χ3v) is 6.15. The quantitative estimate of drug-likeness (QED) is 0.223. The van der Waals surface area contributed by atoms with E-state index in [-0.39, 0.29) is 16.9 Å². The van der Waals surface area contributed by atoms with E-state index < -0.39 is 23.5 Å². The van der Waals surface area contributed by atoms with Gasteiger partial charge in [0.15, 0.2) is 0 Å². The van der Waals surface area contributed by atoms with Gasteiger partial charge in [-0.2, -0.15) is 0 Å². The summed E-state index contributed by atoms with van der Waals surface area (Å²) in [5.74, 6) is -1.53. The number of nitrogens with zero attached hydrogens (tertiary/aromatic N) is 2. The van der Waals surface area contributed by atoms with Crippen LogP contribution in [0, 0.1) is 5.82 Å². The Morgan fingerprint density at radius 3 is 2.44 bits per heavy atom. The van der Waals surface area contributed by atoms with Crippen LogP contribution in [0.5, 0.6) is 5.75 Å². The fourth-order valence-electron chi connectivity index (χ4n) is 4.12. The maximum atomic E-state index is 13.4. The summed E-state index contributed by atoms with van der Waals surface area (Å²) in [4.78, 5) is 29.9. The lowest BCUT2D eigenvalue weighted by atomic mass is 9.95. The van der Waals surface area contributed by atoms with Crippen LogP contribution in [0.4, 0.5) is 4.39 Å². The molecule has 1 amide bonds. The van der Waals surface area contributed by atoms with E-state index in [1.807, 2.05) is 38.1 Å². The van der Waals surface area contributed by atoms with E-state index >= 15 is 0 Å². The predicted molar refractivity (Wildman–Crippen MR) is 130 cm³/mol. The third kappa shape index (κ3) is 5.65. The van der Waals surface area contributed by atoms with Crippen molar-refractivity contribution in [1.29, 1.82) is 0 Å². The number of ether oxygens (including phenoxy) is 1. The highest BCUT2D eigenvalue weighted by Crippen LogP contribution is 2.40. The minimum atomic E-state index is -0.768. The molecule has 1 unspecified atom stereocenters. The van der Waals surface area contributed by atoms with Gasteiger partial charge in [-0.05, 0) is 61.5 Å². The highest BCUT2D eigenvalue weighted by atomic mass is 19.1. The van der Waals surface area contributed by atoms with Crippen molar-refractivity contribution in [2.24, 2.45) is 0 Å². The molecule has 0 saturated carbocycles. The van der Waals surface area contributed by atoms with Crippen LogP contribution in [0.2, 0.25) is 0 Å². The minimum Gasteiger partial charge on any atom is -0.507 e. The zero-order valence-corrected chi connectivity index (χ0v) is 20.1. The maximum absolute atomic E-state index is 13.4. The SMILES string of the molecule is CCCCOc1cccc(C2C(=C(O)c3ccc(F)cc3)C(=O)C(=O)N2CCN(CC)CC)c1. The summed E-state index contributed by atoms with van der Waals surface area (Å²) < 4.78 is 19.3. The summed E-state index contributed by atoms with van der Waals surface area (Å²) in [6.45, 7) is 9.30. The van der Waals surface area contributed by atoms with Gasteiger partial charge in [-0.15, -0.1) is 0 Å². The van der Waals surface area contributed by atoms with Crippen molar-refractivity contribution >= 4 is 17.4 Å². The molecule has 2 aromatic carbocycles. The molecule has 34 heavy (non-hydrogen) atoms. The van der Waals surface area contributed by atoms with E-state index in [0.717, 1.165) is 25.9 Å². The molecule has 0 radical (unpaired) electrons. The first-order chi connectivity index (χ1) is 16.4. The van der Waals surface area contributed by atoms with Crippen LogP contribution in [0.3, 0.4) is 0 Å². The lowest BCUT2D eigenvalue weighted by molar-refractivity contribution is -0.140. The Labute approximate surface area is 200 Å². The number of carbonyl (C=O) groups is 2. The summed E-state index contributed by atoms with van der Waals surface area (Å²) in [5.41, 5.74) is 0.960. The largest absolute Gasteiger partial charge is 0.507 e. The Morgan fingerprint density at radius 1 is 1.09 bits per heavy atom. The summed E-state index contributed by atoms with van der Waals surface area (Å²) >= 11 is 0. The Hall–Kier alpha value is -3.19. The van der Waals surface area contributed by atoms with Crippen LogP contribution in [0.25, 0.3) is 5.76 Å². The Balaban J connectivity index is 2.06.